The van der Waals surface area contributed by atoms with Gasteiger partial charge in [-0.1, -0.05) is 0 Å². The van der Waals surface area contributed by atoms with Crippen LogP contribution in [0.2, 0.25) is 0 Å². The van der Waals surface area contributed by atoms with E-state index in [0.717, 1.165) is 26.5 Å². The third kappa shape index (κ3) is 2.63. The molecule has 0 aromatic carbocycles. The van der Waals surface area contributed by atoms with Gasteiger partial charge in [0, 0.05) is 23.9 Å². The molecule has 2 rings (SSSR count). The van der Waals surface area contributed by atoms with Crippen LogP contribution in [0.1, 0.15) is 11.4 Å². The summed E-state index contributed by atoms with van der Waals surface area (Å²) in [6, 6.07) is 1.93. The fraction of sp³-hybridized carbons (Fsp3) is 0.273. The minimum absolute atomic E-state index is 0.715. The SMILES string of the molecule is Cc1nn(C)c(CSc2ccncc2N)c1Br. The van der Waals surface area contributed by atoms with Gasteiger partial charge in [0.05, 0.1) is 27.7 Å². The molecule has 0 aliphatic rings. The molecule has 4 nitrogen and oxygen atoms in total. The standard InChI is InChI=1S/C11H13BrN4S/c1-7-11(12)9(16(2)15-7)6-17-10-3-4-14-5-8(10)13/h3-5H,6,13H2,1-2H3. The number of nitrogen functional groups attached to an aromatic ring is 1. The van der Waals surface area contributed by atoms with Crippen molar-refractivity contribution >= 4 is 33.4 Å². The van der Waals surface area contributed by atoms with E-state index in [0.29, 0.717) is 5.69 Å². The number of thioether (sulfide) groups is 1. The zero-order valence-electron chi connectivity index (χ0n) is 9.64. The predicted octanol–water partition coefficient (Wildman–Crippen LogP) is 2.76. The van der Waals surface area contributed by atoms with Crippen molar-refractivity contribution in [3.8, 4) is 0 Å². The minimum Gasteiger partial charge on any atom is -0.397 e. The van der Waals surface area contributed by atoms with Gasteiger partial charge in [-0.05, 0) is 28.9 Å². The fourth-order valence-electron chi connectivity index (χ4n) is 1.51. The highest BCUT2D eigenvalue weighted by molar-refractivity contribution is 9.10. The smallest absolute Gasteiger partial charge is 0.0738 e. The van der Waals surface area contributed by atoms with Crippen molar-refractivity contribution in [2.75, 3.05) is 5.73 Å². The van der Waals surface area contributed by atoms with Crippen molar-refractivity contribution < 1.29 is 0 Å². The first kappa shape index (κ1) is 12.4. The first-order valence-electron chi connectivity index (χ1n) is 5.10. The van der Waals surface area contributed by atoms with E-state index < -0.39 is 0 Å². The number of hydrogen-bond donors (Lipinski definition) is 1. The fourth-order valence-corrected chi connectivity index (χ4v) is 3.17. The number of pyridine rings is 1. The topological polar surface area (TPSA) is 56.7 Å². The molecule has 2 aromatic rings. The number of halogens is 1. The quantitative estimate of drug-likeness (QED) is 0.885. The lowest BCUT2D eigenvalue weighted by Crippen LogP contribution is -1.97. The van der Waals surface area contributed by atoms with Gasteiger partial charge in [0.2, 0.25) is 0 Å². The molecule has 0 aliphatic heterocycles. The molecular formula is C11H13BrN4S. The van der Waals surface area contributed by atoms with Crippen molar-refractivity contribution in [3.63, 3.8) is 0 Å². The second-order valence-corrected chi connectivity index (χ2v) is 5.48. The molecule has 2 N–H and O–H groups in total. The molecule has 0 bridgehead atoms. The number of hydrogen-bond acceptors (Lipinski definition) is 4. The van der Waals surface area contributed by atoms with Crippen LogP contribution in [0.25, 0.3) is 0 Å². The molecule has 0 spiro atoms. The van der Waals surface area contributed by atoms with Crippen molar-refractivity contribution in [1.82, 2.24) is 14.8 Å². The molecule has 2 aromatic heterocycles. The van der Waals surface area contributed by atoms with Gasteiger partial charge in [-0.25, -0.2) is 0 Å². The van der Waals surface area contributed by atoms with Gasteiger partial charge < -0.3 is 5.73 Å². The number of rotatable bonds is 3. The third-order valence-corrected chi connectivity index (χ3v) is 4.57. The Kier molecular flexibility index (Phi) is 3.73. The lowest BCUT2D eigenvalue weighted by molar-refractivity contribution is 0.727. The van der Waals surface area contributed by atoms with E-state index in [1.807, 2.05) is 24.7 Å². The highest BCUT2D eigenvalue weighted by Crippen LogP contribution is 2.30. The average molecular weight is 313 g/mol. The average Bonchev–Trinajstić information content (AvgIpc) is 2.53. The van der Waals surface area contributed by atoms with Gasteiger partial charge in [0.15, 0.2) is 0 Å². The summed E-state index contributed by atoms with van der Waals surface area (Å²) in [5.74, 6) is 0.826. The monoisotopic (exact) mass is 312 g/mol. The van der Waals surface area contributed by atoms with Crippen molar-refractivity contribution in [2.24, 2.45) is 7.05 Å². The van der Waals surface area contributed by atoms with Crippen LogP contribution in [0.4, 0.5) is 5.69 Å². The predicted molar refractivity (Wildman–Crippen MR) is 73.9 cm³/mol. The molecular weight excluding hydrogens is 300 g/mol. The zero-order chi connectivity index (χ0) is 12.4. The van der Waals surface area contributed by atoms with Gasteiger partial charge in [0.25, 0.3) is 0 Å². The van der Waals surface area contributed by atoms with Crippen LogP contribution in [-0.4, -0.2) is 14.8 Å². The summed E-state index contributed by atoms with van der Waals surface area (Å²) in [5.41, 5.74) is 8.73. The third-order valence-electron chi connectivity index (χ3n) is 2.44. The van der Waals surface area contributed by atoms with E-state index in [2.05, 4.69) is 26.0 Å². The summed E-state index contributed by atoms with van der Waals surface area (Å²) < 4.78 is 2.96. The van der Waals surface area contributed by atoms with E-state index in [1.54, 1.807) is 24.2 Å². The maximum atomic E-state index is 5.85. The summed E-state index contributed by atoms with van der Waals surface area (Å²) in [5, 5.41) is 4.36. The summed E-state index contributed by atoms with van der Waals surface area (Å²) >= 11 is 5.24. The van der Waals surface area contributed by atoms with Crippen LogP contribution >= 0.6 is 27.7 Å². The van der Waals surface area contributed by atoms with Crippen molar-refractivity contribution in [2.45, 2.75) is 17.6 Å². The zero-order valence-corrected chi connectivity index (χ0v) is 12.0. The number of nitrogens with zero attached hydrogens (tertiary/aromatic N) is 3. The van der Waals surface area contributed by atoms with Crippen molar-refractivity contribution in [3.05, 3.63) is 34.3 Å². The van der Waals surface area contributed by atoms with E-state index in [4.69, 9.17) is 5.73 Å². The molecule has 0 saturated carbocycles. The Morgan fingerprint density at radius 3 is 2.88 bits per heavy atom. The second-order valence-electron chi connectivity index (χ2n) is 3.67. The Balaban J connectivity index is 2.15. The number of anilines is 1. The molecule has 0 saturated heterocycles. The number of aromatic nitrogens is 3. The van der Waals surface area contributed by atoms with Crippen LogP contribution in [0.5, 0.6) is 0 Å². The Morgan fingerprint density at radius 2 is 2.29 bits per heavy atom. The van der Waals surface area contributed by atoms with Crippen LogP contribution in [0.15, 0.2) is 27.8 Å². The first-order valence-corrected chi connectivity index (χ1v) is 6.87. The Morgan fingerprint density at radius 1 is 1.53 bits per heavy atom. The number of nitrogens with two attached hydrogens (primary N) is 1. The van der Waals surface area contributed by atoms with Crippen LogP contribution in [0.3, 0.4) is 0 Å². The largest absolute Gasteiger partial charge is 0.397 e. The number of aryl methyl sites for hydroxylation is 2. The van der Waals surface area contributed by atoms with Gasteiger partial charge in [-0.3, -0.25) is 9.67 Å². The summed E-state index contributed by atoms with van der Waals surface area (Å²) in [6.45, 7) is 1.99. The maximum absolute atomic E-state index is 5.85. The summed E-state index contributed by atoms with van der Waals surface area (Å²) in [7, 11) is 1.95. The summed E-state index contributed by atoms with van der Waals surface area (Å²) in [4.78, 5) is 5.02. The Labute approximate surface area is 113 Å². The molecule has 17 heavy (non-hydrogen) atoms. The van der Waals surface area contributed by atoms with Gasteiger partial charge in [0.1, 0.15) is 0 Å². The summed E-state index contributed by atoms with van der Waals surface area (Å²) in [6.07, 6.45) is 3.42. The molecule has 0 atom stereocenters. The highest BCUT2D eigenvalue weighted by Gasteiger charge is 2.11. The normalized spacial score (nSPS) is 10.8. The van der Waals surface area contributed by atoms with E-state index in [9.17, 15) is 0 Å². The second kappa shape index (κ2) is 5.10. The van der Waals surface area contributed by atoms with Crippen LogP contribution in [-0.2, 0) is 12.8 Å². The van der Waals surface area contributed by atoms with E-state index >= 15 is 0 Å². The lowest BCUT2D eigenvalue weighted by atomic mass is 10.4. The van der Waals surface area contributed by atoms with E-state index in [-0.39, 0.29) is 0 Å². The van der Waals surface area contributed by atoms with Gasteiger partial charge >= 0.3 is 0 Å². The molecule has 0 amide bonds. The molecule has 0 aliphatic carbocycles. The van der Waals surface area contributed by atoms with Crippen molar-refractivity contribution in [1.29, 1.82) is 0 Å². The molecule has 0 radical (unpaired) electrons. The Hall–Kier alpha value is -1.01. The van der Waals surface area contributed by atoms with E-state index in [1.165, 1.54) is 0 Å². The molecule has 6 heteroatoms. The highest BCUT2D eigenvalue weighted by atomic mass is 79.9. The first-order chi connectivity index (χ1) is 8.09. The van der Waals surface area contributed by atoms with Crippen LogP contribution in [0, 0.1) is 6.92 Å². The van der Waals surface area contributed by atoms with Gasteiger partial charge in [-0.15, -0.1) is 11.8 Å². The lowest BCUT2D eigenvalue weighted by Gasteiger charge is -2.05. The molecule has 90 valence electrons. The van der Waals surface area contributed by atoms with Crippen LogP contribution < -0.4 is 5.73 Å². The van der Waals surface area contributed by atoms with Gasteiger partial charge in [-0.2, -0.15) is 5.10 Å². The molecule has 0 fully saturated rings. The maximum Gasteiger partial charge on any atom is 0.0738 e. The minimum atomic E-state index is 0.715. The molecule has 0 unspecified atom stereocenters. The molecule has 2 heterocycles. The Bertz CT molecular complexity index is 538.